The lowest BCUT2D eigenvalue weighted by Crippen LogP contribution is -2.51. The average molecular weight is 542 g/mol. The number of rotatable bonds is 10. The van der Waals surface area contributed by atoms with Gasteiger partial charge in [-0.15, -0.1) is 0 Å². The predicted octanol–water partition coefficient (Wildman–Crippen LogP) is 5.76. The number of hydrogen-bond donors (Lipinski definition) is 1. The number of aromatic hydroxyl groups is 1. The summed E-state index contributed by atoms with van der Waals surface area (Å²) in [5.74, 6) is -3.69. The van der Waals surface area contributed by atoms with Crippen molar-refractivity contribution >= 4 is 25.7 Å². The molecule has 1 fully saturated rings. The van der Waals surface area contributed by atoms with Crippen molar-refractivity contribution in [2.75, 3.05) is 13.2 Å². The zero-order valence-corrected chi connectivity index (χ0v) is 23.4. The number of nitrogens with zero attached hydrogens (tertiary/aromatic N) is 1. The van der Waals surface area contributed by atoms with Crippen LogP contribution in [0.2, 0.25) is 25.7 Å². The molecule has 0 saturated heterocycles. The third-order valence-corrected chi connectivity index (χ3v) is 8.89. The van der Waals surface area contributed by atoms with Crippen LogP contribution in [0.3, 0.4) is 0 Å². The summed E-state index contributed by atoms with van der Waals surface area (Å²) in [6.45, 7) is 9.24. The third-order valence-electron chi connectivity index (χ3n) is 7.19. The summed E-state index contributed by atoms with van der Waals surface area (Å²) < 4.78 is 24.6. The fourth-order valence-electron chi connectivity index (χ4n) is 5.30. The Labute approximate surface area is 224 Å². The summed E-state index contributed by atoms with van der Waals surface area (Å²) in [6, 6.07) is 11.8. The molecule has 38 heavy (non-hydrogen) atoms. The Balaban J connectivity index is 1.66. The van der Waals surface area contributed by atoms with Crippen LogP contribution in [0.25, 0.3) is 0 Å². The van der Waals surface area contributed by atoms with E-state index in [9.17, 15) is 19.1 Å². The van der Waals surface area contributed by atoms with E-state index < -0.39 is 37.8 Å². The van der Waals surface area contributed by atoms with Crippen LogP contribution in [0, 0.1) is 17.7 Å². The number of fused-ring (bicyclic) bond motifs is 2. The van der Waals surface area contributed by atoms with Gasteiger partial charge in [-0.25, -0.2) is 4.39 Å². The van der Waals surface area contributed by atoms with Gasteiger partial charge in [0.15, 0.2) is 0 Å². The Morgan fingerprint density at radius 3 is 2.37 bits per heavy atom. The number of ether oxygens (including phenoxy) is 2. The molecular formula is C29H36FNO6Si. The Bertz CT molecular complexity index is 1190. The number of esters is 2. The SMILES string of the molecule is CCCOC(=O)C1C2C(=NOCc3ccc(F)cc3)CC(c3ccc(O)cc32)C1C(=O)OCC[Si](C)(C)C. The Morgan fingerprint density at radius 1 is 1.00 bits per heavy atom. The topological polar surface area (TPSA) is 94.4 Å². The molecule has 2 aromatic rings. The van der Waals surface area contributed by atoms with Crippen molar-refractivity contribution in [1.82, 2.24) is 0 Å². The van der Waals surface area contributed by atoms with Gasteiger partial charge in [0, 0.05) is 19.9 Å². The van der Waals surface area contributed by atoms with Gasteiger partial charge in [-0.3, -0.25) is 9.59 Å². The molecule has 3 aliphatic rings. The fraction of sp³-hybridized carbons (Fsp3) is 0.483. The fourth-order valence-corrected chi connectivity index (χ4v) is 6.01. The number of hydrogen-bond acceptors (Lipinski definition) is 7. The van der Waals surface area contributed by atoms with E-state index >= 15 is 0 Å². The van der Waals surface area contributed by atoms with Gasteiger partial charge >= 0.3 is 11.9 Å². The van der Waals surface area contributed by atoms with Gasteiger partial charge in [0.05, 0.1) is 30.8 Å². The van der Waals surface area contributed by atoms with Crippen LogP contribution in [-0.2, 0) is 30.5 Å². The summed E-state index contributed by atoms with van der Waals surface area (Å²) in [6.07, 6.45) is 1.06. The summed E-state index contributed by atoms with van der Waals surface area (Å²) in [5.41, 5.74) is 3.00. The first-order chi connectivity index (χ1) is 18.1. The van der Waals surface area contributed by atoms with Crippen LogP contribution in [-0.4, -0.2) is 44.0 Å². The molecule has 0 heterocycles. The highest BCUT2D eigenvalue weighted by Crippen LogP contribution is 2.56. The summed E-state index contributed by atoms with van der Waals surface area (Å²) in [5, 5.41) is 14.7. The van der Waals surface area contributed by atoms with Crippen LogP contribution in [0.4, 0.5) is 4.39 Å². The molecule has 9 heteroatoms. The van der Waals surface area contributed by atoms with Crippen molar-refractivity contribution in [3.63, 3.8) is 0 Å². The van der Waals surface area contributed by atoms with Crippen molar-refractivity contribution in [3.05, 3.63) is 65.0 Å². The Hall–Kier alpha value is -3.20. The van der Waals surface area contributed by atoms with Gasteiger partial charge in [-0.05, 0) is 59.8 Å². The summed E-state index contributed by atoms with van der Waals surface area (Å²) >= 11 is 0. The first-order valence-electron chi connectivity index (χ1n) is 13.2. The molecule has 2 aromatic carbocycles. The second-order valence-corrected chi connectivity index (χ2v) is 16.9. The van der Waals surface area contributed by atoms with Crippen LogP contribution in [0.5, 0.6) is 5.75 Å². The molecule has 4 atom stereocenters. The maximum Gasteiger partial charge on any atom is 0.310 e. The monoisotopic (exact) mass is 541 g/mol. The van der Waals surface area contributed by atoms with Crippen LogP contribution in [0.1, 0.15) is 48.3 Å². The summed E-state index contributed by atoms with van der Waals surface area (Å²) in [4.78, 5) is 32.6. The highest BCUT2D eigenvalue weighted by molar-refractivity contribution is 6.76. The minimum atomic E-state index is -1.42. The van der Waals surface area contributed by atoms with Gasteiger partial charge in [-0.1, -0.05) is 49.9 Å². The lowest BCUT2D eigenvalue weighted by Gasteiger charge is -2.47. The molecule has 0 radical (unpaired) electrons. The summed E-state index contributed by atoms with van der Waals surface area (Å²) in [7, 11) is -1.42. The maximum absolute atomic E-state index is 13.5. The van der Waals surface area contributed by atoms with Gasteiger partial charge in [-0.2, -0.15) is 0 Å². The lowest BCUT2D eigenvalue weighted by molar-refractivity contribution is -0.163. The zero-order chi connectivity index (χ0) is 27.4. The van der Waals surface area contributed by atoms with Gasteiger partial charge in [0.25, 0.3) is 0 Å². The number of oxime groups is 1. The smallest absolute Gasteiger partial charge is 0.310 e. The molecule has 204 valence electrons. The van der Waals surface area contributed by atoms with E-state index in [0.29, 0.717) is 25.2 Å². The molecule has 0 aromatic heterocycles. The maximum atomic E-state index is 13.5. The van der Waals surface area contributed by atoms with E-state index in [4.69, 9.17) is 14.3 Å². The van der Waals surface area contributed by atoms with Gasteiger partial charge in [0.2, 0.25) is 0 Å². The molecule has 0 spiro atoms. The molecule has 0 amide bonds. The lowest BCUT2D eigenvalue weighted by atomic mass is 9.55. The van der Waals surface area contributed by atoms with Crippen molar-refractivity contribution in [3.8, 4) is 5.75 Å². The van der Waals surface area contributed by atoms with E-state index in [-0.39, 0.29) is 30.7 Å². The molecule has 3 aliphatic carbocycles. The molecule has 1 saturated carbocycles. The van der Waals surface area contributed by atoms with Gasteiger partial charge in [0.1, 0.15) is 18.2 Å². The Morgan fingerprint density at radius 2 is 1.68 bits per heavy atom. The van der Waals surface area contributed by atoms with E-state index in [1.54, 1.807) is 24.3 Å². The number of benzene rings is 2. The predicted molar refractivity (Wildman–Crippen MR) is 144 cm³/mol. The molecule has 5 rings (SSSR count). The third kappa shape index (κ3) is 6.26. The molecular weight excluding hydrogens is 505 g/mol. The molecule has 0 aliphatic heterocycles. The largest absolute Gasteiger partial charge is 0.508 e. The highest BCUT2D eigenvalue weighted by atomic mass is 28.3. The second kappa shape index (κ2) is 11.7. The first kappa shape index (κ1) is 27.8. The average Bonchev–Trinajstić information content (AvgIpc) is 2.87. The zero-order valence-electron chi connectivity index (χ0n) is 22.4. The number of carbonyl (C=O) groups is 2. The van der Waals surface area contributed by atoms with Crippen molar-refractivity contribution in [2.24, 2.45) is 17.0 Å². The van der Waals surface area contributed by atoms with E-state index in [0.717, 1.165) is 22.7 Å². The van der Waals surface area contributed by atoms with Crippen molar-refractivity contribution in [2.45, 2.75) is 63.9 Å². The first-order valence-corrected chi connectivity index (χ1v) is 16.9. The van der Waals surface area contributed by atoms with E-state index in [2.05, 4.69) is 24.8 Å². The van der Waals surface area contributed by atoms with Gasteiger partial charge < -0.3 is 19.4 Å². The van der Waals surface area contributed by atoms with E-state index in [1.165, 1.54) is 12.1 Å². The van der Waals surface area contributed by atoms with Crippen molar-refractivity contribution in [1.29, 1.82) is 0 Å². The standard InChI is InChI=1S/C29H36FNO6Si/c1-5-12-35-29(34)27-25-22-15-20(32)10-11-21(22)23(26(27)28(33)36-13-14-38(2,3)4)16-24(25)31-37-17-18-6-8-19(30)9-7-18/h6-11,15,23,25-27,32H,5,12-14,16-17H2,1-4H3. The second-order valence-electron chi connectivity index (χ2n) is 11.3. The van der Waals surface area contributed by atoms with Crippen molar-refractivity contribution < 1.29 is 33.4 Å². The minimum absolute atomic E-state index is 0.0674. The minimum Gasteiger partial charge on any atom is -0.508 e. The molecule has 4 unspecified atom stereocenters. The van der Waals surface area contributed by atoms with Crippen LogP contribution < -0.4 is 0 Å². The molecule has 1 N–H and O–H groups in total. The van der Waals surface area contributed by atoms with Crippen LogP contribution in [0.15, 0.2) is 47.6 Å². The molecule has 7 nitrogen and oxygen atoms in total. The number of halogens is 1. The number of phenols is 1. The molecule has 2 bridgehead atoms. The highest BCUT2D eigenvalue weighted by Gasteiger charge is 2.57. The van der Waals surface area contributed by atoms with E-state index in [1.807, 2.05) is 13.0 Å². The quantitative estimate of drug-likeness (QED) is 0.234. The number of phenolic OH excluding ortho intramolecular Hbond substituents is 1. The Kier molecular flexibility index (Phi) is 8.55. The normalized spacial score (nSPS) is 23.1. The number of carbonyl (C=O) groups excluding carboxylic acids is 2. The van der Waals surface area contributed by atoms with Crippen LogP contribution >= 0.6 is 0 Å².